The maximum Gasteiger partial charge on any atom is 0.163 e. The van der Waals surface area contributed by atoms with Crippen molar-refractivity contribution in [2.45, 2.75) is 70.1 Å². The molecule has 5 heteroatoms. The van der Waals surface area contributed by atoms with E-state index >= 15 is 0 Å². The second-order valence-electron chi connectivity index (χ2n) is 6.40. The van der Waals surface area contributed by atoms with E-state index in [9.17, 15) is 5.11 Å². The first kappa shape index (κ1) is 12.8. The van der Waals surface area contributed by atoms with Gasteiger partial charge in [-0.05, 0) is 27.7 Å². The van der Waals surface area contributed by atoms with Crippen molar-refractivity contribution in [2.24, 2.45) is 5.92 Å². The molecule has 0 radical (unpaired) electrons. The fourth-order valence-electron chi connectivity index (χ4n) is 3.22. The Kier molecular flexibility index (Phi) is 2.78. The zero-order chi connectivity index (χ0) is 13.1. The van der Waals surface area contributed by atoms with Gasteiger partial charge in [-0.25, -0.2) is 0 Å². The summed E-state index contributed by atoms with van der Waals surface area (Å²) >= 11 is 0. The number of aliphatic hydroxyl groups excluding tert-OH is 1. The molecule has 1 aliphatic carbocycles. The Balaban J connectivity index is 1.85. The summed E-state index contributed by atoms with van der Waals surface area (Å²) in [6.45, 7) is 8.08. The predicted molar refractivity (Wildman–Crippen MR) is 62.8 cm³/mol. The van der Waals surface area contributed by atoms with Crippen LogP contribution in [0.3, 0.4) is 0 Å². The van der Waals surface area contributed by atoms with E-state index in [0.29, 0.717) is 13.0 Å². The molecule has 0 amide bonds. The fraction of sp³-hybridized carbons (Fsp3) is 1.00. The van der Waals surface area contributed by atoms with E-state index in [1.165, 1.54) is 0 Å². The number of fused-ring (bicyclic) bond motifs is 3. The highest BCUT2D eigenvalue weighted by molar-refractivity contribution is 5.00. The molecule has 5 atom stereocenters. The molecule has 18 heavy (non-hydrogen) atoms. The van der Waals surface area contributed by atoms with Gasteiger partial charge in [0.1, 0.15) is 6.10 Å². The molecule has 3 rings (SSSR count). The quantitative estimate of drug-likeness (QED) is 0.703. The lowest BCUT2D eigenvalue weighted by Gasteiger charge is -2.48. The van der Waals surface area contributed by atoms with Crippen LogP contribution in [0.25, 0.3) is 0 Å². The molecule has 0 spiro atoms. The van der Waals surface area contributed by atoms with Crippen LogP contribution >= 0.6 is 0 Å². The van der Waals surface area contributed by atoms with Crippen molar-refractivity contribution in [3.8, 4) is 0 Å². The Morgan fingerprint density at radius 3 is 2.33 bits per heavy atom. The number of rotatable bonds is 0. The van der Waals surface area contributed by atoms with Gasteiger partial charge in [-0.2, -0.15) is 0 Å². The summed E-state index contributed by atoms with van der Waals surface area (Å²) in [6.07, 6.45) is -0.238. The maximum atomic E-state index is 10.2. The second-order valence-corrected chi connectivity index (χ2v) is 6.40. The van der Waals surface area contributed by atoms with Crippen molar-refractivity contribution in [2.75, 3.05) is 6.61 Å². The lowest BCUT2D eigenvalue weighted by molar-refractivity contribution is -0.328. The van der Waals surface area contributed by atoms with Crippen LogP contribution in [-0.2, 0) is 18.9 Å². The smallest absolute Gasteiger partial charge is 0.163 e. The minimum atomic E-state index is -0.626. The normalized spacial score (nSPS) is 49.5. The van der Waals surface area contributed by atoms with E-state index in [4.69, 9.17) is 18.9 Å². The lowest BCUT2D eigenvalue weighted by Crippen LogP contribution is -2.60. The van der Waals surface area contributed by atoms with Gasteiger partial charge in [-0.3, -0.25) is 0 Å². The van der Waals surface area contributed by atoms with Crippen molar-refractivity contribution < 1.29 is 24.1 Å². The molecule has 2 aliphatic heterocycles. The summed E-state index contributed by atoms with van der Waals surface area (Å²) in [5.41, 5.74) is 0. The van der Waals surface area contributed by atoms with Gasteiger partial charge in [0.05, 0.1) is 24.9 Å². The van der Waals surface area contributed by atoms with Crippen LogP contribution in [0.5, 0.6) is 0 Å². The molecule has 2 heterocycles. The Bertz CT molecular complexity index is 340. The molecule has 0 aromatic carbocycles. The van der Waals surface area contributed by atoms with E-state index < -0.39 is 17.7 Å². The van der Waals surface area contributed by atoms with Gasteiger partial charge in [0, 0.05) is 12.3 Å². The minimum absolute atomic E-state index is 0.0308. The Labute approximate surface area is 107 Å². The summed E-state index contributed by atoms with van der Waals surface area (Å²) in [7, 11) is 0. The molecule has 2 saturated heterocycles. The molecular weight excluding hydrogens is 236 g/mol. The van der Waals surface area contributed by atoms with E-state index in [0.717, 1.165) is 0 Å². The number of hydrogen-bond acceptors (Lipinski definition) is 5. The van der Waals surface area contributed by atoms with Gasteiger partial charge in [0.2, 0.25) is 0 Å². The van der Waals surface area contributed by atoms with Crippen LogP contribution in [0, 0.1) is 5.92 Å². The summed E-state index contributed by atoms with van der Waals surface area (Å²) in [4.78, 5) is 0. The average molecular weight is 258 g/mol. The highest BCUT2D eigenvalue weighted by atomic mass is 16.8. The fourth-order valence-corrected chi connectivity index (χ4v) is 3.22. The third kappa shape index (κ3) is 2.08. The third-order valence-corrected chi connectivity index (χ3v) is 3.98. The van der Waals surface area contributed by atoms with Crippen LogP contribution < -0.4 is 0 Å². The zero-order valence-corrected chi connectivity index (χ0v) is 11.4. The first-order chi connectivity index (χ1) is 8.27. The Morgan fingerprint density at radius 2 is 1.61 bits per heavy atom. The van der Waals surface area contributed by atoms with E-state index in [-0.39, 0.29) is 24.2 Å². The van der Waals surface area contributed by atoms with Gasteiger partial charge in [-0.15, -0.1) is 0 Å². The molecule has 0 unspecified atom stereocenters. The molecule has 3 aliphatic rings. The van der Waals surface area contributed by atoms with Crippen molar-refractivity contribution in [3.05, 3.63) is 0 Å². The van der Waals surface area contributed by atoms with Gasteiger partial charge < -0.3 is 24.1 Å². The topological polar surface area (TPSA) is 57.2 Å². The lowest BCUT2D eigenvalue weighted by atomic mass is 9.80. The van der Waals surface area contributed by atoms with E-state index in [1.807, 2.05) is 27.7 Å². The average Bonchev–Trinajstić information content (AvgIpc) is 2.51. The zero-order valence-electron chi connectivity index (χ0n) is 11.4. The molecular formula is C13H22O5. The highest BCUT2D eigenvalue weighted by Gasteiger charge is 2.56. The first-order valence-corrected chi connectivity index (χ1v) is 6.63. The maximum absolute atomic E-state index is 10.2. The van der Waals surface area contributed by atoms with E-state index in [2.05, 4.69) is 0 Å². The monoisotopic (exact) mass is 258 g/mol. The third-order valence-electron chi connectivity index (χ3n) is 3.98. The van der Waals surface area contributed by atoms with Crippen molar-refractivity contribution in [1.82, 2.24) is 0 Å². The molecule has 0 bridgehead atoms. The number of ether oxygens (including phenoxy) is 4. The molecule has 0 aromatic heterocycles. The Hall–Kier alpha value is -0.200. The molecule has 1 saturated carbocycles. The van der Waals surface area contributed by atoms with Crippen molar-refractivity contribution >= 4 is 0 Å². The number of aliphatic hydroxyl groups is 1. The summed E-state index contributed by atoms with van der Waals surface area (Å²) in [5, 5.41) is 10.2. The Morgan fingerprint density at radius 1 is 0.944 bits per heavy atom. The molecule has 5 nitrogen and oxygen atoms in total. The van der Waals surface area contributed by atoms with Gasteiger partial charge >= 0.3 is 0 Å². The van der Waals surface area contributed by atoms with Gasteiger partial charge in [0.15, 0.2) is 11.6 Å². The highest BCUT2D eigenvalue weighted by Crippen LogP contribution is 2.44. The van der Waals surface area contributed by atoms with Crippen molar-refractivity contribution in [1.29, 1.82) is 0 Å². The van der Waals surface area contributed by atoms with Crippen LogP contribution in [0.2, 0.25) is 0 Å². The largest absolute Gasteiger partial charge is 0.393 e. The van der Waals surface area contributed by atoms with Crippen LogP contribution in [0.15, 0.2) is 0 Å². The van der Waals surface area contributed by atoms with Gasteiger partial charge in [0.25, 0.3) is 0 Å². The number of hydrogen-bond donors (Lipinski definition) is 1. The summed E-state index contributed by atoms with van der Waals surface area (Å²) in [6, 6.07) is 0. The van der Waals surface area contributed by atoms with E-state index in [1.54, 1.807) is 0 Å². The van der Waals surface area contributed by atoms with Crippen molar-refractivity contribution in [3.63, 3.8) is 0 Å². The molecule has 3 fully saturated rings. The van der Waals surface area contributed by atoms with Crippen LogP contribution in [-0.4, -0.2) is 47.7 Å². The van der Waals surface area contributed by atoms with Gasteiger partial charge in [-0.1, -0.05) is 0 Å². The molecule has 104 valence electrons. The minimum Gasteiger partial charge on any atom is -0.393 e. The molecule has 1 N–H and O–H groups in total. The first-order valence-electron chi connectivity index (χ1n) is 6.63. The predicted octanol–water partition coefficient (Wildman–Crippen LogP) is 1.04. The van der Waals surface area contributed by atoms with Crippen LogP contribution in [0.1, 0.15) is 34.1 Å². The summed E-state index contributed by atoms with van der Waals surface area (Å²) in [5.74, 6) is -1.26. The second kappa shape index (κ2) is 3.90. The molecule has 0 aromatic rings. The summed E-state index contributed by atoms with van der Waals surface area (Å²) < 4.78 is 23.4. The SMILES string of the molecule is CC1(C)OC[C@H]2[C@@H](O1)[C@H]1OC(C)(C)O[C@H]1C[C@@H]2O. The standard InChI is InChI=1S/C13H22O5/c1-12(2)15-6-7-8(14)5-9-11(10(7)17-12)18-13(3,4)16-9/h7-11,14H,5-6H2,1-4H3/t7-,8+,9+,10-,11+/m1/s1. The van der Waals surface area contributed by atoms with Crippen LogP contribution in [0.4, 0.5) is 0 Å².